The van der Waals surface area contributed by atoms with Crippen molar-refractivity contribution in [3.63, 3.8) is 0 Å². The Morgan fingerprint density at radius 1 is 1.37 bits per heavy atom. The number of benzene rings is 1. The monoisotopic (exact) mass is 276 g/mol. The lowest BCUT2D eigenvalue weighted by Crippen LogP contribution is -2.23. The van der Waals surface area contributed by atoms with Gasteiger partial charge in [-0.3, -0.25) is 14.6 Å². The number of carbonyl (C=O) groups is 1. The number of methoxy groups -OCH3 is 1. The number of rotatable bonds is 2. The smallest absolute Gasteiger partial charge is 0.307 e. The number of aromatic hydroxyl groups is 1. The Morgan fingerprint density at radius 3 is 2.79 bits per heavy atom. The number of amides is 1. The van der Waals surface area contributed by atoms with Crippen LogP contribution in [-0.4, -0.2) is 23.1 Å². The number of H-pyrrole nitrogens is 1. The molecule has 7 heteroatoms. The van der Waals surface area contributed by atoms with Gasteiger partial charge in [0, 0.05) is 5.22 Å². The summed E-state index contributed by atoms with van der Waals surface area (Å²) in [6, 6.07) is 5.01. The van der Waals surface area contributed by atoms with Crippen LogP contribution in [0, 0.1) is 0 Å². The molecule has 1 aliphatic heterocycles. The fourth-order valence-electron chi connectivity index (χ4n) is 1.93. The first-order valence-corrected chi connectivity index (χ1v) is 6.15. The molecule has 2 N–H and O–H groups in total. The zero-order chi connectivity index (χ0) is 13.6. The fraction of sp³-hybridized carbons (Fsp3) is 0.0833. The summed E-state index contributed by atoms with van der Waals surface area (Å²) in [6.07, 6.45) is 0. The van der Waals surface area contributed by atoms with E-state index < -0.39 is 10.8 Å². The molecule has 0 bridgehead atoms. The number of fused-ring (bicyclic) bond motifs is 1. The Kier molecular flexibility index (Phi) is 2.49. The highest BCUT2D eigenvalue weighted by atomic mass is 32.1. The third-order valence-corrected chi connectivity index (χ3v) is 3.66. The molecule has 6 nitrogen and oxygen atoms in total. The van der Waals surface area contributed by atoms with Gasteiger partial charge in [-0.05, 0) is 18.2 Å². The molecule has 0 radical (unpaired) electrons. The van der Waals surface area contributed by atoms with Crippen LogP contribution in [0.4, 0.5) is 0 Å². The molecule has 2 heterocycles. The van der Waals surface area contributed by atoms with E-state index in [0.717, 1.165) is 11.3 Å². The first kappa shape index (κ1) is 11.7. The number of nitrogens with zero attached hydrogens (tertiary/aromatic N) is 1. The van der Waals surface area contributed by atoms with E-state index in [1.54, 1.807) is 18.2 Å². The average Bonchev–Trinajstić information content (AvgIpc) is 2.86. The maximum absolute atomic E-state index is 11.9. The molecule has 2 aromatic rings. The van der Waals surface area contributed by atoms with E-state index in [9.17, 15) is 14.7 Å². The number of ether oxygens (including phenoxy) is 1. The van der Waals surface area contributed by atoms with Crippen molar-refractivity contribution in [2.45, 2.75) is 0 Å². The molecule has 1 aliphatic rings. The fourth-order valence-corrected chi connectivity index (χ4v) is 2.71. The predicted octanol–water partition coefficient (Wildman–Crippen LogP) is -0.491. The second-order valence-corrected chi connectivity index (χ2v) is 4.85. The summed E-state index contributed by atoms with van der Waals surface area (Å²) in [5, 5.41) is 10.7. The highest BCUT2D eigenvalue weighted by Crippen LogP contribution is 2.25. The summed E-state index contributed by atoms with van der Waals surface area (Å²) < 4.78 is 5.10. The molecule has 0 saturated heterocycles. The lowest BCUT2D eigenvalue weighted by molar-refractivity contribution is -0.112. The van der Waals surface area contributed by atoms with Gasteiger partial charge >= 0.3 is 4.87 Å². The minimum Gasteiger partial charge on any atom is -0.497 e. The van der Waals surface area contributed by atoms with Crippen molar-refractivity contribution < 1.29 is 14.6 Å². The predicted molar refractivity (Wildman–Crippen MR) is 67.9 cm³/mol. The number of hydrogen-bond donors (Lipinski definition) is 2. The number of nitrogens with one attached hydrogen (secondary N) is 1. The largest absolute Gasteiger partial charge is 0.497 e. The highest BCUT2D eigenvalue weighted by Gasteiger charge is 2.23. The molecule has 0 aliphatic carbocycles. The van der Waals surface area contributed by atoms with Crippen LogP contribution in [0.2, 0.25) is 0 Å². The van der Waals surface area contributed by atoms with E-state index in [1.807, 2.05) is 0 Å². The van der Waals surface area contributed by atoms with Gasteiger partial charge in [-0.15, -0.1) is 0 Å². The van der Waals surface area contributed by atoms with Crippen molar-refractivity contribution in [2.75, 3.05) is 7.11 Å². The van der Waals surface area contributed by atoms with E-state index in [1.165, 1.54) is 7.11 Å². The van der Waals surface area contributed by atoms with E-state index in [0.29, 0.717) is 16.3 Å². The standard InChI is InChI=1S/C12H8N2O4S/c1-18-5-2-3-7-6(4-5)8(10(15)13-7)9-11(16)14-12(17)19-9/h2-4,16H,1H3,(H,14,17). The molecular weight excluding hydrogens is 268 g/mol. The SMILES string of the molecule is COc1ccc2c(c1)=C(c1sc(=O)[nH]c1O)C(=O)N=2. The second-order valence-electron chi connectivity index (χ2n) is 3.87. The quantitative estimate of drug-likeness (QED) is 0.774. The molecule has 0 saturated carbocycles. The van der Waals surface area contributed by atoms with Crippen LogP contribution in [0.15, 0.2) is 28.0 Å². The number of thiazole rings is 1. The van der Waals surface area contributed by atoms with Crippen LogP contribution in [-0.2, 0) is 4.79 Å². The second kappa shape index (κ2) is 4.06. The Balaban J connectivity index is 2.40. The molecule has 0 fully saturated rings. The van der Waals surface area contributed by atoms with Crippen LogP contribution in [0.5, 0.6) is 11.6 Å². The van der Waals surface area contributed by atoms with E-state index in [4.69, 9.17) is 4.74 Å². The molecule has 0 spiro atoms. The Bertz CT molecular complexity index is 863. The van der Waals surface area contributed by atoms with Gasteiger partial charge in [0.25, 0.3) is 5.91 Å². The summed E-state index contributed by atoms with van der Waals surface area (Å²) in [7, 11) is 1.52. The third kappa shape index (κ3) is 1.75. The van der Waals surface area contributed by atoms with Gasteiger partial charge in [0.1, 0.15) is 10.6 Å². The van der Waals surface area contributed by atoms with E-state index >= 15 is 0 Å². The van der Waals surface area contributed by atoms with Gasteiger partial charge in [0.05, 0.1) is 18.0 Å². The zero-order valence-corrected chi connectivity index (χ0v) is 10.6. The molecule has 3 rings (SSSR count). The molecule has 1 aromatic carbocycles. The molecule has 1 amide bonds. The lowest BCUT2D eigenvalue weighted by atomic mass is 10.1. The lowest BCUT2D eigenvalue weighted by Gasteiger charge is -1.98. The average molecular weight is 276 g/mol. The number of carbonyl (C=O) groups excluding carboxylic acids is 1. The first-order chi connectivity index (χ1) is 9.10. The Labute approximate surface area is 110 Å². The topological polar surface area (TPSA) is 91.8 Å². The molecule has 1 aromatic heterocycles. The molecule has 0 atom stereocenters. The van der Waals surface area contributed by atoms with Gasteiger partial charge in [0.15, 0.2) is 0 Å². The summed E-state index contributed by atoms with van der Waals surface area (Å²) >= 11 is 0.773. The van der Waals surface area contributed by atoms with Crippen molar-refractivity contribution in [3.8, 4) is 11.6 Å². The van der Waals surface area contributed by atoms with Gasteiger partial charge < -0.3 is 9.84 Å². The van der Waals surface area contributed by atoms with Crippen molar-refractivity contribution in [2.24, 2.45) is 4.99 Å². The molecule has 96 valence electrons. The van der Waals surface area contributed by atoms with Crippen LogP contribution in [0.3, 0.4) is 0 Å². The summed E-state index contributed by atoms with van der Waals surface area (Å²) in [6.45, 7) is 0. The molecular formula is C12H8N2O4S. The summed E-state index contributed by atoms with van der Waals surface area (Å²) in [5.74, 6) is -0.221. The van der Waals surface area contributed by atoms with Crippen LogP contribution in [0.25, 0.3) is 5.57 Å². The van der Waals surface area contributed by atoms with Crippen molar-refractivity contribution in [1.29, 1.82) is 0 Å². The number of hydrogen-bond acceptors (Lipinski definition) is 5. The van der Waals surface area contributed by atoms with Crippen LogP contribution < -0.4 is 20.2 Å². The van der Waals surface area contributed by atoms with Gasteiger partial charge in [-0.25, -0.2) is 4.99 Å². The third-order valence-electron chi connectivity index (χ3n) is 2.77. The van der Waals surface area contributed by atoms with Crippen molar-refractivity contribution in [1.82, 2.24) is 4.98 Å². The Hall–Kier alpha value is -2.41. The summed E-state index contributed by atoms with van der Waals surface area (Å²) in [4.78, 5) is 29.1. The molecule has 19 heavy (non-hydrogen) atoms. The van der Waals surface area contributed by atoms with Gasteiger partial charge in [0.2, 0.25) is 5.88 Å². The van der Waals surface area contributed by atoms with Gasteiger partial charge in [-0.1, -0.05) is 11.3 Å². The van der Waals surface area contributed by atoms with Gasteiger partial charge in [-0.2, -0.15) is 0 Å². The minimum atomic E-state index is -0.478. The minimum absolute atomic E-state index is 0.200. The maximum Gasteiger partial charge on any atom is 0.307 e. The zero-order valence-electron chi connectivity index (χ0n) is 9.76. The number of aromatic nitrogens is 1. The van der Waals surface area contributed by atoms with Crippen LogP contribution >= 0.6 is 11.3 Å². The summed E-state index contributed by atoms with van der Waals surface area (Å²) in [5.41, 5.74) is 0.217. The van der Waals surface area contributed by atoms with Crippen LogP contribution in [0.1, 0.15) is 4.88 Å². The molecule has 0 unspecified atom stereocenters. The highest BCUT2D eigenvalue weighted by molar-refractivity contribution is 7.11. The first-order valence-electron chi connectivity index (χ1n) is 5.34. The number of aromatic amines is 1. The van der Waals surface area contributed by atoms with Crippen molar-refractivity contribution in [3.05, 3.63) is 43.3 Å². The maximum atomic E-state index is 11.9. The Morgan fingerprint density at radius 2 is 2.16 bits per heavy atom. The van der Waals surface area contributed by atoms with Crippen molar-refractivity contribution >= 4 is 22.8 Å². The normalized spacial score (nSPS) is 13.3. The van der Waals surface area contributed by atoms with E-state index in [-0.39, 0.29) is 16.3 Å². The van der Waals surface area contributed by atoms with E-state index in [2.05, 4.69) is 9.98 Å².